The third-order valence-electron chi connectivity index (χ3n) is 3.80. The molecule has 1 aromatic heterocycles. The molecule has 3 aromatic rings. The molecular formula is C18H17FN4O3. The van der Waals surface area contributed by atoms with Gasteiger partial charge in [-0.3, -0.25) is 4.79 Å². The highest BCUT2D eigenvalue weighted by Crippen LogP contribution is 2.21. The van der Waals surface area contributed by atoms with Gasteiger partial charge < -0.3 is 4.74 Å². The summed E-state index contributed by atoms with van der Waals surface area (Å²) >= 11 is 0. The molecule has 0 aliphatic heterocycles. The molecule has 2 aromatic carbocycles. The molecule has 0 fully saturated rings. The van der Waals surface area contributed by atoms with Crippen molar-refractivity contribution < 1.29 is 13.9 Å². The van der Waals surface area contributed by atoms with E-state index in [0.29, 0.717) is 29.2 Å². The standard InChI is InChI=1S/C18H17FN4O3/c1-3-26-17-9-4-13(12(2)24)10-14(17)11-22-18(25)23(21-20-22)16-7-5-15(19)6-8-16/h4-10H,3,11H2,1-2H3. The lowest BCUT2D eigenvalue weighted by molar-refractivity contribution is 0.101. The van der Waals surface area contributed by atoms with Crippen molar-refractivity contribution >= 4 is 5.78 Å². The van der Waals surface area contributed by atoms with Crippen LogP contribution in [0.15, 0.2) is 47.3 Å². The number of Topliss-reactive ketones (excluding diaryl/α,β-unsaturated/α-hetero) is 1. The summed E-state index contributed by atoms with van der Waals surface area (Å²) in [5.41, 5.74) is 1.09. The fraction of sp³-hybridized carbons (Fsp3) is 0.222. The van der Waals surface area contributed by atoms with Crippen molar-refractivity contribution in [1.29, 1.82) is 0 Å². The van der Waals surface area contributed by atoms with Gasteiger partial charge >= 0.3 is 5.69 Å². The fourth-order valence-electron chi connectivity index (χ4n) is 2.50. The first-order valence-electron chi connectivity index (χ1n) is 8.05. The van der Waals surface area contributed by atoms with E-state index in [4.69, 9.17) is 4.74 Å². The minimum Gasteiger partial charge on any atom is -0.494 e. The molecule has 0 bridgehead atoms. The zero-order chi connectivity index (χ0) is 18.7. The number of ether oxygens (including phenoxy) is 1. The number of nitrogens with zero attached hydrogens (tertiary/aromatic N) is 4. The molecule has 3 rings (SSSR count). The van der Waals surface area contributed by atoms with E-state index in [1.807, 2.05) is 6.92 Å². The van der Waals surface area contributed by atoms with Crippen LogP contribution < -0.4 is 10.4 Å². The number of tetrazole rings is 1. The molecule has 0 aliphatic rings. The van der Waals surface area contributed by atoms with Crippen molar-refractivity contribution in [2.24, 2.45) is 0 Å². The van der Waals surface area contributed by atoms with Crippen molar-refractivity contribution in [1.82, 2.24) is 19.8 Å². The monoisotopic (exact) mass is 356 g/mol. The predicted molar refractivity (Wildman–Crippen MR) is 92.3 cm³/mol. The lowest BCUT2D eigenvalue weighted by Crippen LogP contribution is -2.25. The van der Waals surface area contributed by atoms with Gasteiger partial charge in [0.25, 0.3) is 0 Å². The fourth-order valence-corrected chi connectivity index (χ4v) is 2.50. The number of benzene rings is 2. The average molecular weight is 356 g/mol. The SMILES string of the molecule is CCOc1ccc(C(C)=O)cc1Cn1nnn(-c2ccc(F)cc2)c1=O. The lowest BCUT2D eigenvalue weighted by Gasteiger charge is -2.10. The molecule has 0 spiro atoms. The number of aromatic nitrogens is 4. The van der Waals surface area contributed by atoms with Crippen LogP contribution in [0.1, 0.15) is 29.8 Å². The topological polar surface area (TPSA) is 79.0 Å². The molecule has 8 heteroatoms. The number of hydrogen-bond donors (Lipinski definition) is 0. The molecule has 0 aliphatic carbocycles. The largest absolute Gasteiger partial charge is 0.494 e. The van der Waals surface area contributed by atoms with E-state index in [1.165, 1.54) is 31.2 Å². The first kappa shape index (κ1) is 17.5. The second-order valence-electron chi connectivity index (χ2n) is 5.62. The minimum atomic E-state index is -0.479. The van der Waals surface area contributed by atoms with Gasteiger partial charge in [0, 0.05) is 11.1 Å². The highest BCUT2D eigenvalue weighted by atomic mass is 19.1. The van der Waals surface area contributed by atoms with Gasteiger partial charge in [0.1, 0.15) is 11.6 Å². The van der Waals surface area contributed by atoms with Crippen LogP contribution in [0.4, 0.5) is 4.39 Å². The maximum atomic E-state index is 13.0. The summed E-state index contributed by atoms with van der Waals surface area (Å²) in [6.45, 7) is 3.86. The van der Waals surface area contributed by atoms with E-state index in [2.05, 4.69) is 10.4 Å². The van der Waals surface area contributed by atoms with Crippen molar-refractivity contribution in [3.8, 4) is 11.4 Å². The smallest absolute Gasteiger partial charge is 0.368 e. The molecule has 0 radical (unpaired) electrons. The lowest BCUT2D eigenvalue weighted by atomic mass is 10.1. The van der Waals surface area contributed by atoms with Crippen LogP contribution >= 0.6 is 0 Å². The van der Waals surface area contributed by atoms with E-state index in [-0.39, 0.29) is 12.3 Å². The Bertz CT molecular complexity index is 992. The second kappa shape index (κ2) is 7.30. The third kappa shape index (κ3) is 3.53. The van der Waals surface area contributed by atoms with E-state index in [1.54, 1.807) is 18.2 Å². The number of carbonyl (C=O) groups excluding carboxylic acids is 1. The van der Waals surface area contributed by atoms with Crippen LogP contribution in [-0.2, 0) is 6.54 Å². The van der Waals surface area contributed by atoms with Crippen LogP contribution in [0.3, 0.4) is 0 Å². The van der Waals surface area contributed by atoms with Crippen LogP contribution in [0.2, 0.25) is 0 Å². The highest BCUT2D eigenvalue weighted by molar-refractivity contribution is 5.94. The van der Waals surface area contributed by atoms with Crippen molar-refractivity contribution in [3.63, 3.8) is 0 Å². The quantitative estimate of drug-likeness (QED) is 0.633. The summed E-state index contributed by atoms with van der Waals surface area (Å²) in [6, 6.07) is 10.4. The van der Waals surface area contributed by atoms with Crippen LogP contribution in [0.5, 0.6) is 5.75 Å². The van der Waals surface area contributed by atoms with E-state index < -0.39 is 11.5 Å². The summed E-state index contributed by atoms with van der Waals surface area (Å²) < 4.78 is 20.8. The van der Waals surface area contributed by atoms with Crippen molar-refractivity contribution in [2.45, 2.75) is 20.4 Å². The van der Waals surface area contributed by atoms with Gasteiger partial charge in [-0.15, -0.1) is 0 Å². The normalized spacial score (nSPS) is 10.7. The van der Waals surface area contributed by atoms with Gasteiger partial charge in [-0.05, 0) is 66.7 Å². The maximum absolute atomic E-state index is 13.0. The van der Waals surface area contributed by atoms with E-state index in [0.717, 1.165) is 9.36 Å². The molecule has 0 amide bonds. The molecule has 0 unspecified atom stereocenters. The molecule has 0 saturated heterocycles. The number of halogens is 1. The molecule has 26 heavy (non-hydrogen) atoms. The molecule has 0 N–H and O–H groups in total. The summed E-state index contributed by atoms with van der Waals surface area (Å²) in [7, 11) is 0. The van der Waals surface area contributed by atoms with Gasteiger partial charge in [-0.1, -0.05) is 0 Å². The van der Waals surface area contributed by atoms with Crippen LogP contribution in [0.25, 0.3) is 5.69 Å². The Labute approximate surface area is 148 Å². The molecule has 134 valence electrons. The summed E-state index contributed by atoms with van der Waals surface area (Å²) in [5.74, 6) is 0.0777. The number of hydrogen-bond acceptors (Lipinski definition) is 5. The Kier molecular flexibility index (Phi) is 4.92. The first-order chi connectivity index (χ1) is 12.5. The van der Waals surface area contributed by atoms with Crippen LogP contribution in [0, 0.1) is 5.82 Å². The zero-order valence-corrected chi connectivity index (χ0v) is 14.3. The summed E-state index contributed by atoms with van der Waals surface area (Å²) in [5, 5.41) is 7.70. The van der Waals surface area contributed by atoms with Gasteiger partial charge in [0.15, 0.2) is 5.78 Å². The number of carbonyl (C=O) groups is 1. The van der Waals surface area contributed by atoms with Gasteiger partial charge in [0.05, 0.1) is 18.8 Å². The van der Waals surface area contributed by atoms with Crippen molar-refractivity contribution in [3.05, 3.63) is 69.9 Å². The van der Waals surface area contributed by atoms with E-state index >= 15 is 0 Å². The molecule has 0 saturated carbocycles. The highest BCUT2D eigenvalue weighted by Gasteiger charge is 2.13. The zero-order valence-electron chi connectivity index (χ0n) is 14.3. The minimum absolute atomic E-state index is 0.0865. The van der Waals surface area contributed by atoms with Crippen LogP contribution in [-0.4, -0.2) is 32.2 Å². The Balaban J connectivity index is 1.97. The summed E-state index contributed by atoms with van der Waals surface area (Å²) in [6.07, 6.45) is 0. The molecular weight excluding hydrogens is 339 g/mol. The molecule has 0 atom stereocenters. The van der Waals surface area contributed by atoms with Gasteiger partial charge in [-0.2, -0.15) is 9.36 Å². The molecule has 7 nitrogen and oxygen atoms in total. The second-order valence-corrected chi connectivity index (χ2v) is 5.62. The van der Waals surface area contributed by atoms with Gasteiger partial charge in [0.2, 0.25) is 0 Å². The molecule has 1 heterocycles. The predicted octanol–water partition coefficient (Wildman–Crippen LogP) is 2.22. The Morgan fingerprint density at radius 3 is 2.54 bits per heavy atom. The summed E-state index contributed by atoms with van der Waals surface area (Å²) in [4.78, 5) is 24.2. The Morgan fingerprint density at radius 2 is 1.88 bits per heavy atom. The number of rotatable bonds is 6. The third-order valence-corrected chi connectivity index (χ3v) is 3.80. The Morgan fingerprint density at radius 1 is 1.15 bits per heavy atom. The van der Waals surface area contributed by atoms with Gasteiger partial charge in [-0.25, -0.2) is 9.18 Å². The average Bonchev–Trinajstić information content (AvgIpc) is 2.98. The number of ketones is 1. The van der Waals surface area contributed by atoms with Crippen molar-refractivity contribution in [2.75, 3.05) is 6.61 Å². The Hall–Kier alpha value is -3.29. The van der Waals surface area contributed by atoms with E-state index in [9.17, 15) is 14.0 Å². The maximum Gasteiger partial charge on any atom is 0.368 e. The first-order valence-corrected chi connectivity index (χ1v) is 8.05.